The summed E-state index contributed by atoms with van der Waals surface area (Å²) in [5.74, 6) is 0.161. The van der Waals surface area contributed by atoms with Gasteiger partial charge in [-0.25, -0.2) is 14.2 Å². The number of carbonyl (C=O) groups is 2. The van der Waals surface area contributed by atoms with E-state index in [1.165, 1.54) is 12.1 Å². The number of fused-ring (bicyclic) bond motifs is 1. The molecule has 0 aliphatic carbocycles. The number of nitrogens with zero attached hydrogens (tertiary/aromatic N) is 4. The van der Waals surface area contributed by atoms with Crippen LogP contribution in [0.5, 0.6) is 0 Å². The van der Waals surface area contributed by atoms with Crippen LogP contribution in [-0.2, 0) is 9.47 Å². The Morgan fingerprint density at radius 2 is 1.89 bits per heavy atom. The van der Waals surface area contributed by atoms with Gasteiger partial charge in [-0.1, -0.05) is 6.07 Å². The Balaban J connectivity index is 1.74. The van der Waals surface area contributed by atoms with Crippen LogP contribution >= 0.6 is 0 Å². The highest BCUT2D eigenvalue weighted by atomic mass is 19.1. The van der Waals surface area contributed by atoms with Crippen LogP contribution in [-0.4, -0.2) is 76.2 Å². The molecule has 3 heterocycles. The van der Waals surface area contributed by atoms with E-state index in [4.69, 9.17) is 9.47 Å². The smallest absolute Gasteiger partial charge is 0.410 e. The van der Waals surface area contributed by atoms with Crippen molar-refractivity contribution >= 4 is 17.5 Å². The first-order valence-corrected chi connectivity index (χ1v) is 12.9. The van der Waals surface area contributed by atoms with E-state index in [2.05, 4.69) is 4.98 Å². The number of halogens is 1. The molecule has 1 aliphatic rings. The maximum absolute atomic E-state index is 14.5. The summed E-state index contributed by atoms with van der Waals surface area (Å²) in [5, 5.41) is 0. The van der Waals surface area contributed by atoms with E-state index in [-0.39, 0.29) is 29.5 Å². The molecule has 1 aliphatic heterocycles. The predicted molar refractivity (Wildman–Crippen MR) is 144 cm³/mol. The molecule has 38 heavy (non-hydrogen) atoms. The molecule has 0 atom stereocenters. The van der Waals surface area contributed by atoms with Crippen molar-refractivity contribution in [1.82, 2.24) is 19.2 Å². The van der Waals surface area contributed by atoms with Gasteiger partial charge in [0.15, 0.2) is 0 Å². The number of hydrogen-bond donors (Lipinski definition) is 0. The van der Waals surface area contributed by atoms with E-state index in [1.807, 2.05) is 58.2 Å². The SMILES string of the molecule is COCCN(C(=O)c1cc(F)ccc1-c1cc(C2CN(C(=O)OC(C)(C)C)C2)cn2c(C)ncc12)C(C)C. The Hall–Kier alpha value is -3.46. The summed E-state index contributed by atoms with van der Waals surface area (Å²) in [6.07, 6.45) is 3.47. The van der Waals surface area contributed by atoms with Gasteiger partial charge in [0.25, 0.3) is 5.91 Å². The van der Waals surface area contributed by atoms with Gasteiger partial charge in [-0.2, -0.15) is 0 Å². The lowest BCUT2D eigenvalue weighted by atomic mass is 9.89. The fourth-order valence-electron chi connectivity index (χ4n) is 4.71. The van der Waals surface area contributed by atoms with E-state index in [0.29, 0.717) is 31.8 Å². The normalized spacial score (nSPS) is 14.2. The average molecular weight is 525 g/mol. The maximum Gasteiger partial charge on any atom is 0.410 e. The van der Waals surface area contributed by atoms with E-state index < -0.39 is 11.4 Å². The minimum atomic E-state index is -0.555. The number of rotatable bonds is 7. The fraction of sp³-hybridized carbons (Fsp3) is 0.483. The minimum Gasteiger partial charge on any atom is -0.444 e. The standard InChI is InChI=1S/C29H37FN4O4/c1-18(2)33(10-11-37-7)27(35)25-13-22(30)8-9-23(25)24-12-20(17-34-19(3)31-14-26(24)34)21-15-32(16-21)28(36)38-29(4,5)6/h8-9,12-14,17-18,21H,10-11,15-16H2,1-7H3. The second kappa shape index (κ2) is 10.7. The van der Waals surface area contributed by atoms with Gasteiger partial charge in [-0.05, 0) is 70.9 Å². The number of hydrogen-bond acceptors (Lipinski definition) is 5. The van der Waals surface area contributed by atoms with E-state index in [1.54, 1.807) is 29.2 Å². The minimum absolute atomic E-state index is 0.0915. The van der Waals surface area contributed by atoms with Gasteiger partial charge < -0.3 is 23.7 Å². The fourth-order valence-corrected chi connectivity index (χ4v) is 4.71. The number of aromatic nitrogens is 2. The lowest BCUT2D eigenvalue weighted by Gasteiger charge is -2.40. The number of likely N-dealkylation sites (tertiary alicyclic amines) is 1. The summed E-state index contributed by atoms with van der Waals surface area (Å²) in [6, 6.07) is 6.28. The molecule has 0 N–H and O–H groups in total. The van der Waals surface area contributed by atoms with Gasteiger partial charge in [-0.3, -0.25) is 4.79 Å². The molecule has 2 aromatic heterocycles. The molecule has 0 radical (unpaired) electrons. The summed E-state index contributed by atoms with van der Waals surface area (Å²) >= 11 is 0. The summed E-state index contributed by atoms with van der Waals surface area (Å²) in [4.78, 5) is 34.1. The highest BCUT2D eigenvalue weighted by molar-refractivity contribution is 6.03. The molecular weight excluding hydrogens is 487 g/mol. The first-order chi connectivity index (χ1) is 17.9. The van der Waals surface area contributed by atoms with Crippen LogP contribution in [0.25, 0.3) is 16.6 Å². The van der Waals surface area contributed by atoms with Crippen LogP contribution in [0.3, 0.4) is 0 Å². The molecule has 1 aromatic carbocycles. The molecule has 2 amide bonds. The van der Waals surface area contributed by atoms with Gasteiger partial charge in [0, 0.05) is 50.5 Å². The average Bonchev–Trinajstić information content (AvgIpc) is 3.17. The van der Waals surface area contributed by atoms with Crippen molar-refractivity contribution in [2.45, 2.75) is 59.1 Å². The van der Waals surface area contributed by atoms with Crippen molar-refractivity contribution in [3.63, 3.8) is 0 Å². The van der Waals surface area contributed by atoms with Crippen molar-refractivity contribution in [3.8, 4) is 11.1 Å². The zero-order chi connectivity index (χ0) is 27.8. The summed E-state index contributed by atoms with van der Waals surface area (Å²) in [6.45, 7) is 13.2. The van der Waals surface area contributed by atoms with Gasteiger partial charge >= 0.3 is 6.09 Å². The molecule has 0 unspecified atom stereocenters. The maximum atomic E-state index is 14.5. The van der Waals surface area contributed by atoms with Crippen LogP contribution in [0.2, 0.25) is 0 Å². The van der Waals surface area contributed by atoms with E-state index in [0.717, 1.165) is 22.5 Å². The second-order valence-electron chi connectivity index (χ2n) is 11.1. The zero-order valence-corrected chi connectivity index (χ0v) is 23.2. The summed E-state index contributed by atoms with van der Waals surface area (Å²) in [5.41, 5.74) is 2.99. The Morgan fingerprint density at radius 3 is 2.53 bits per heavy atom. The molecule has 0 spiro atoms. The first-order valence-electron chi connectivity index (χ1n) is 12.9. The number of amides is 2. The van der Waals surface area contributed by atoms with Crippen LogP contribution in [0, 0.1) is 12.7 Å². The van der Waals surface area contributed by atoms with Crippen molar-refractivity contribution in [2.75, 3.05) is 33.4 Å². The highest BCUT2D eigenvalue weighted by Crippen LogP contribution is 2.36. The third-order valence-corrected chi connectivity index (χ3v) is 6.77. The zero-order valence-electron chi connectivity index (χ0n) is 23.2. The van der Waals surface area contributed by atoms with Gasteiger partial charge in [-0.15, -0.1) is 0 Å². The third-order valence-electron chi connectivity index (χ3n) is 6.77. The molecular formula is C29H37FN4O4. The molecule has 1 fully saturated rings. The number of benzene rings is 1. The Bertz CT molecular complexity index is 1340. The molecule has 1 saturated heterocycles. The lowest BCUT2D eigenvalue weighted by Crippen LogP contribution is -2.50. The summed E-state index contributed by atoms with van der Waals surface area (Å²) < 4.78 is 27.2. The van der Waals surface area contributed by atoms with Gasteiger partial charge in [0.1, 0.15) is 17.2 Å². The number of pyridine rings is 1. The molecule has 0 saturated carbocycles. The predicted octanol–water partition coefficient (Wildman–Crippen LogP) is 5.28. The largest absolute Gasteiger partial charge is 0.444 e. The van der Waals surface area contributed by atoms with E-state index in [9.17, 15) is 14.0 Å². The number of imidazole rings is 1. The van der Waals surface area contributed by atoms with Gasteiger partial charge in [0.2, 0.25) is 0 Å². The topological polar surface area (TPSA) is 76.4 Å². The molecule has 4 rings (SSSR count). The van der Waals surface area contributed by atoms with Crippen LogP contribution < -0.4 is 0 Å². The Kier molecular flexibility index (Phi) is 7.78. The molecule has 0 bridgehead atoms. The molecule has 9 heteroatoms. The number of methoxy groups -OCH3 is 1. The van der Waals surface area contributed by atoms with Crippen molar-refractivity contribution in [1.29, 1.82) is 0 Å². The molecule has 8 nitrogen and oxygen atoms in total. The highest BCUT2D eigenvalue weighted by Gasteiger charge is 2.35. The van der Waals surface area contributed by atoms with Crippen molar-refractivity contribution in [3.05, 3.63) is 59.4 Å². The second-order valence-corrected chi connectivity index (χ2v) is 11.1. The van der Waals surface area contributed by atoms with Crippen LogP contribution in [0.1, 0.15) is 62.3 Å². The molecule has 204 valence electrons. The number of carbonyl (C=O) groups excluding carboxylic acids is 2. The van der Waals surface area contributed by atoms with Crippen LogP contribution in [0.15, 0.2) is 36.7 Å². The van der Waals surface area contributed by atoms with Crippen molar-refractivity contribution < 1.29 is 23.5 Å². The Labute approximate surface area is 223 Å². The van der Waals surface area contributed by atoms with Crippen LogP contribution in [0.4, 0.5) is 9.18 Å². The van der Waals surface area contributed by atoms with Crippen molar-refractivity contribution in [2.24, 2.45) is 0 Å². The van der Waals surface area contributed by atoms with Gasteiger partial charge in [0.05, 0.1) is 23.9 Å². The monoisotopic (exact) mass is 524 g/mol. The quantitative estimate of drug-likeness (QED) is 0.420. The first kappa shape index (κ1) is 27.6. The lowest BCUT2D eigenvalue weighted by molar-refractivity contribution is 0.00815. The number of ether oxygens (including phenoxy) is 2. The number of aryl methyl sites for hydroxylation is 1. The Morgan fingerprint density at radius 1 is 1.18 bits per heavy atom. The molecule has 3 aromatic rings. The third kappa shape index (κ3) is 5.67. The summed E-state index contributed by atoms with van der Waals surface area (Å²) in [7, 11) is 1.59. The van der Waals surface area contributed by atoms with E-state index >= 15 is 0 Å².